The summed E-state index contributed by atoms with van der Waals surface area (Å²) < 4.78 is 0. The molecule has 5 nitrogen and oxygen atoms in total. The fraction of sp³-hybridized carbons (Fsp3) is 0.786. The van der Waals surface area contributed by atoms with Crippen LogP contribution < -0.4 is 5.32 Å². The second-order valence-electron chi connectivity index (χ2n) is 5.37. The minimum absolute atomic E-state index is 0.0391. The van der Waals surface area contributed by atoms with Crippen LogP contribution in [0.2, 0.25) is 0 Å². The lowest BCUT2D eigenvalue weighted by Gasteiger charge is -2.32. The Bertz CT molecular complexity index is 286. The van der Waals surface area contributed by atoms with Gasteiger partial charge in [0.1, 0.15) is 0 Å². The minimum Gasteiger partial charge on any atom is -0.393 e. The van der Waals surface area contributed by atoms with Gasteiger partial charge in [0.15, 0.2) is 0 Å². The van der Waals surface area contributed by atoms with E-state index in [2.05, 4.69) is 16.8 Å². The molecule has 1 heterocycles. The number of aliphatic hydroxyl groups is 1. The fourth-order valence-corrected chi connectivity index (χ4v) is 2.21. The van der Waals surface area contributed by atoms with E-state index in [1.54, 1.807) is 18.9 Å². The molecule has 1 saturated heterocycles. The number of carbonyl (C=O) groups is 1. The van der Waals surface area contributed by atoms with Crippen LogP contribution in [0.25, 0.3) is 0 Å². The molecule has 2 N–H and O–H groups in total. The van der Waals surface area contributed by atoms with Gasteiger partial charge in [0.25, 0.3) is 0 Å². The molecular formula is C14H27N3O2. The molecule has 1 aliphatic heterocycles. The summed E-state index contributed by atoms with van der Waals surface area (Å²) in [4.78, 5) is 15.9. The number of nitrogens with one attached hydrogen (secondary N) is 1. The summed E-state index contributed by atoms with van der Waals surface area (Å²) in [7, 11) is 1.77. The van der Waals surface area contributed by atoms with E-state index in [-0.39, 0.29) is 18.2 Å². The Balaban J connectivity index is 2.24. The fourth-order valence-electron chi connectivity index (χ4n) is 2.21. The number of rotatable bonds is 6. The predicted molar refractivity (Wildman–Crippen MR) is 77.1 cm³/mol. The monoisotopic (exact) mass is 269 g/mol. The number of nitrogens with zero attached hydrogens (tertiary/aromatic N) is 2. The zero-order valence-electron chi connectivity index (χ0n) is 12.1. The second-order valence-corrected chi connectivity index (χ2v) is 5.37. The molecule has 0 aromatic carbocycles. The number of piperidine rings is 1. The lowest BCUT2D eigenvalue weighted by atomic mass is 10.1. The molecule has 0 aromatic heterocycles. The first-order valence-corrected chi connectivity index (χ1v) is 7.06. The van der Waals surface area contributed by atoms with Gasteiger partial charge in [-0.25, -0.2) is 4.79 Å². The zero-order valence-corrected chi connectivity index (χ0v) is 12.1. The van der Waals surface area contributed by atoms with E-state index >= 15 is 0 Å². The van der Waals surface area contributed by atoms with Crippen LogP contribution >= 0.6 is 0 Å². The highest BCUT2D eigenvalue weighted by atomic mass is 16.3. The van der Waals surface area contributed by atoms with Gasteiger partial charge >= 0.3 is 6.03 Å². The standard InChI is InChI=1S/C14H27N3O2/c1-4-8-17-10-6-13(7-11-17)15-14(19)16(3)9-5-12(2)18/h4,12-13,18H,1,5-11H2,2-3H3,(H,15,19). The molecule has 2 amide bonds. The molecule has 0 saturated carbocycles. The molecule has 1 atom stereocenters. The van der Waals surface area contributed by atoms with Crippen molar-refractivity contribution in [3.8, 4) is 0 Å². The largest absolute Gasteiger partial charge is 0.393 e. The van der Waals surface area contributed by atoms with Gasteiger partial charge in [-0.05, 0) is 26.2 Å². The summed E-state index contributed by atoms with van der Waals surface area (Å²) in [6.45, 7) is 9.00. The Morgan fingerprint density at radius 1 is 1.58 bits per heavy atom. The van der Waals surface area contributed by atoms with Crippen molar-refractivity contribution in [2.75, 3.05) is 33.2 Å². The Hall–Kier alpha value is -1.07. The lowest BCUT2D eigenvalue weighted by molar-refractivity contribution is 0.158. The Morgan fingerprint density at radius 2 is 2.21 bits per heavy atom. The first-order chi connectivity index (χ1) is 9.02. The van der Waals surface area contributed by atoms with Gasteiger partial charge in [-0.3, -0.25) is 4.90 Å². The van der Waals surface area contributed by atoms with Gasteiger partial charge < -0.3 is 15.3 Å². The van der Waals surface area contributed by atoms with Gasteiger partial charge in [-0.15, -0.1) is 6.58 Å². The molecule has 1 rings (SSSR count). The van der Waals surface area contributed by atoms with Crippen LogP contribution in [0.5, 0.6) is 0 Å². The molecule has 110 valence electrons. The Kier molecular flexibility index (Phi) is 6.87. The van der Waals surface area contributed by atoms with E-state index in [4.69, 9.17) is 0 Å². The Labute approximate surface area is 116 Å². The van der Waals surface area contributed by atoms with E-state index in [1.807, 2.05) is 6.08 Å². The van der Waals surface area contributed by atoms with Crippen molar-refractivity contribution in [2.24, 2.45) is 0 Å². The summed E-state index contributed by atoms with van der Waals surface area (Å²) in [5.41, 5.74) is 0. The van der Waals surface area contributed by atoms with Crippen LogP contribution in [0.1, 0.15) is 26.2 Å². The number of aliphatic hydroxyl groups excluding tert-OH is 1. The Morgan fingerprint density at radius 3 is 2.74 bits per heavy atom. The van der Waals surface area contributed by atoms with Gasteiger partial charge in [0.05, 0.1) is 6.10 Å². The van der Waals surface area contributed by atoms with E-state index in [1.165, 1.54) is 0 Å². The van der Waals surface area contributed by atoms with Crippen molar-refractivity contribution < 1.29 is 9.90 Å². The first-order valence-electron chi connectivity index (χ1n) is 7.06. The molecule has 0 spiro atoms. The average molecular weight is 269 g/mol. The average Bonchev–Trinajstić information content (AvgIpc) is 2.38. The molecule has 1 unspecified atom stereocenters. The third-order valence-corrected chi connectivity index (χ3v) is 3.53. The van der Waals surface area contributed by atoms with Crippen LogP contribution in [0.15, 0.2) is 12.7 Å². The van der Waals surface area contributed by atoms with Gasteiger partial charge in [-0.1, -0.05) is 6.08 Å². The van der Waals surface area contributed by atoms with Gasteiger partial charge in [0, 0.05) is 39.3 Å². The molecule has 19 heavy (non-hydrogen) atoms. The maximum atomic E-state index is 11.9. The third kappa shape index (κ3) is 6.07. The molecule has 0 aliphatic carbocycles. The molecule has 0 aromatic rings. The highest BCUT2D eigenvalue weighted by Gasteiger charge is 2.21. The van der Waals surface area contributed by atoms with Crippen molar-refractivity contribution in [3.05, 3.63) is 12.7 Å². The molecule has 1 fully saturated rings. The molecule has 0 bridgehead atoms. The normalized spacial score (nSPS) is 18.9. The molecule has 1 aliphatic rings. The highest BCUT2D eigenvalue weighted by molar-refractivity contribution is 5.74. The number of hydrogen-bond donors (Lipinski definition) is 2. The van der Waals surface area contributed by atoms with Crippen molar-refractivity contribution >= 4 is 6.03 Å². The smallest absolute Gasteiger partial charge is 0.317 e. The first kappa shape index (κ1) is 16.0. The van der Waals surface area contributed by atoms with Crippen molar-refractivity contribution in [1.29, 1.82) is 0 Å². The quantitative estimate of drug-likeness (QED) is 0.709. The number of likely N-dealkylation sites (tertiary alicyclic amines) is 1. The van der Waals surface area contributed by atoms with Crippen LogP contribution in [-0.4, -0.2) is 66.3 Å². The van der Waals surface area contributed by atoms with Gasteiger partial charge in [-0.2, -0.15) is 0 Å². The highest BCUT2D eigenvalue weighted by Crippen LogP contribution is 2.10. The van der Waals surface area contributed by atoms with Crippen molar-refractivity contribution in [1.82, 2.24) is 15.1 Å². The summed E-state index contributed by atoms with van der Waals surface area (Å²) >= 11 is 0. The molecule has 0 radical (unpaired) electrons. The van der Waals surface area contributed by atoms with Crippen LogP contribution in [-0.2, 0) is 0 Å². The maximum absolute atomic E-state index is 11.9. The summed E-state index contributed by atoms with van der Waals surface area (Å²) in [5, 5.41) is 12.3. The molecular weight excluding hydrogens is 242 g/mol. The molecule has 5 heteroatoms. The van der Waals surface area contributed by atoms with E-state index < -0.39 is 0 Å². The SMILES string of the molecule is C=CCN1CCC(NC(=O)N(C)CCC(C)O)CC1. The summed E-state index contributed by atoms with van der Waals surface area (Å²) in [6.07, 6.45) is 4.15. The van der Waals surface area contributed by atoms with Gasteiger partial charge in [0.2, 0.25) is 0 Å². The number of amides is 2. The lowest BCUT2D eigenvalue weighted by Crippen LogP contribution is -2.48. The topological polar surface area (TPSA) is 55.8 Å². The summed E-state index contributed by atoms with van der Waals surface area (Å²) in [5.74, 6) is 0. The van der Waals surface area contributed by atoms with Crippen molar-refractivity contribution in [2.45, 2.75) is 38.3 Å². The van der Waals surface area contributed by atoms with Crippen LogP contribution in [0.3, 0.4) is 0 Å². The van der Waals surface area contributed by atoms with Crippen LogP contribution in [0.4, 0.5) is 4.79 Å². The predicted octanol–water partition coefficient (Wildman–Crippen LogP) is 1.05. The second kappa shape index (κ2) is 8.17. The van der Waals surface area contributed by atoms with E-state index in [9.17, 15) is 9.90 Å². The van der Waals surface area contributed by atoms with Crippen LogP contribution in [0, 0.1) is 0 Å². The third-order valence-electron chi connectivity index (χ3n) is 3.53. The van der Waals surface area contributed by atoms with Crippen molar-refractivity contribution in [3.63, 3.8) is 0 Å². The van der Waals surface area contributed by atoms with E-state index in [0.717, 1.165) is 32.5 Å². The summed E-state index contributed by atoms with van der Waals surface area (Å²) in [6, 6.07) is 0.227. The number of carbonyl (C=O) groups excluding carboxylic acids is 1. The minimum atomic E-state index is -0.364. The number of hydrogen-bond acceptors (Lipinski definition) is 3. The van der Waals surface area contributed by atoms with E-state index in [0.29, 0.717) is 13.0 Å². The number of urea groups is 1. The maximum Gasteiger partial charge on any atom is 0.317 e. The zero-order chi connectivity index (χ0) is 14.3.